The maximum Gasteiger partial charge on any atom is 0.160 e. The van der Waals surface area contributed by atoms with Crippen molar-refractivity contribution in [3.05, 3.63) is 23.8 Å². The average molecular weight is 295 g/mol. The number of hydrogen-bond donors (Lipinski definition) is 1. The molecule has 1 N–H and O–H groups in total. The molecule has 3 nitrogen and oxygen atoms in total. The number of nitrogens with one attached hydrogen (secondary N) is 1. The second kappa shape index (κ2) is 6.72. The highest BCUT2D eigenvalue weighted by atomic mass is 32.2. The molecule has 0 spiro atoms. The Morgan fingerprint density at radius 2 is 1.95 bits per heavy atom. The highest BCUT2D eigenvalue weighted by Gasteiger charge is 2.41. The Kier molecular flexibility index (Phi) is 5.22. The summed E-state index contributed by atoms with van der Waals surface area (Å²) in [6.07, 6.45) is 5.92. The molecule has 1 aliphatic carbocycles. The number of ether oxygens (including phenoxy) is 2. The van der Waals surface area contributed by atoms with Gasteiger partial charge in [-0.05, 0) is 50.1 Å². The topological polar surface area (TPSA) is 30.5 Å². The Bertz CT molecular complexity index is 446. The summed E-state index contributed by atoms with van der Waals surface area (Å²) >= 11 is 2.00. The molecule has 1 aromatic rings. The molecule has 1 unspecified atom stereocenters. The summed E-state index contributed by atoms with van der Waals surface area (Å²) in [4.78, 5) is 0. The van der Waals surface area contributed by atoms with E-state index in [9.17, 15) is 0 Å². The minimum absolute atomic E-state index is 0.470. The van der Waals surface area contributed by atoms with E-state index >= 15 is 0 Å². The molecular formula is C16H25NO2S. The van der Waals surface area contributed by atoms with Crippen LogP contribution in [0.1, 0.15) is 25.3 Å². The van der Waals surface area contributed by atoms with Crippen molar-refractivity contribution < 1.29 is 9.47 Å². The van der Waals surface area contributed by atoms with Gasteiger partial charge >= 0.3 is 0 Å². The van der Waals surface area contributed by atoms with Crippen molar-refractivity contribution in [1.29, 1.82) is 0 Å². The minimum atomic E-state index is 0.470. The maximum atomic E-state index is 5.35. The number of methoxy groups -OCH3 is 2. The van der Waals surface area contributed by atoms with Gasteiger partial charge in [-0.2, -0.15) is 11.8 Å². The Morgan fingerprint density at radius 1 is 1.25 bits per heavy atom. The minimum Gasteiger partial charge on any atom is -0.493 e. The predicted molar refractivity (Wildman–Crippen MR) is 86.2 cm³/mol. The van der Waals surface area contributed by atoms with Crippen molar-refractivity contribution in [2.45, 2.75) is 37.0 Å². The van der Waals surface area contributed by atoms with E-state index < -0.39 is 0 Å². The van der Waals surface area contributed by atoms with Crippen LogP contribution in [0.3, 0.4) is 0 Å². The molecular weight excluding hydrogens is 270 g/mol. The number of rotatable bonds is 8. The summed E-state index contributed by atoms with van der Waals surface area (Å²) in [5.41, 5.74) is 1.27. The highest BCUT2D eigenvalue weighted by molar-refractivity contribution is 8.00. The fourth-order valence-corrected chi connectivity index (χ4v) is 3.12. The van der Waals surface area contributed by atoms with Crippen LogP contribution in [0, 0.1) is 0 Å². The fraction of sp³-hybridized carbons (Fsp3) is 0.625. The van der Waals surface area contributed by atoms with Gasteiger partial charge in [0, 0.05) is 17.3 Å². The fourth-order valence-electron chi connectivity index (χ4n) is 2.39. The first-order chi connectivity index (χ1) is 9.62. The van der Waals surface area contributed by atoms with Crippen LogP contribution in [0.2, 0.25) is 0 Å². The summed E-state index contributed by atoms with van der Waals surface area (Å²) in [5, 5.41) is 3.66. The third-order valence-electron chi connectivity index (χ3n) is 4.00. The van der Waals surface area contributed by atoms with Gasteiger partial charge in [0.25, 0.3) is 0 Å². The van der Waals surface area contributed by atoms with Crippen molar-refractivity contribution in [2.75, 3.05) is 27.0 Å². The second-order valence-electron chi connectivity index (χ2n) is 5.56. The third kappa shape index (κ3) is 3.83. The van der Waals surface area contributed by atoms with Gasteiger partial charge < -0.3 is 14.8 Å². The largest absolute Gasteiger partial charge is 0.493 e. The van der Waals surface area contributed by atoms with E-state index in [1.807, 2.05) is 17.8 Å². The molecule has 0 aliphatic heterocycles. The molecule has 1 aliphatic rings. The van der Waals surface area contributed by atoms with Gasteiger partial charge in [-0.25, -0.2) is 0 Å². The van der Waals surface area contributed by atoms with Gasteiger partial charge in [0.15, 0.2) is 11.5 Å². The Morgan fingerprint density at radius 3 is 2.50 bits per heavy atom. The van der Waals surface area contributed by atoms with Crippen LogP contribution in [0.15, 0.2) is 18.2 Å². The molecule has 0 amide bonds. The maximum absolute atomic E-state index is 5.35. The van der Waals surface area contributed by atoms with Crippen molar-refractivity contribution >= 4 is 11.8 Å². The Hall–Kier alpha value is -0.870. The summed E-state index contributed by atoms with van der Waals surface area (Å²) in [5.74, 6) is 1.59. The van der Waals surface area contributed by atoms with Crippen LogP contribution in [0.25, 0.3) is 0 Å². The van der Waals surface area contributed by atoms with Crippen LogP contribution >= 0.6 is 11.8 Å². The first kappa shape index (κ1) is 15.5. The first-order valence-electron chi connectivity index (χ1n) is 7.12. The highest BCUT2D eigenvalue weighted by Crippen LogP contribution is 2.46. The average Bonchev–Trinajstić information content (AvgIpc) is 3.25. The quantitative estimate of drug-likeness (QED) is 0.798. The normalized spacial score (nSPS) is 17.6. The van der Waals surface area contributed by atoms with Gasteiger partial charge in [0.1, 0.15) is 0 Å². The molecule has 4 heteroatoms. The Labute approximate surface area is 126 Å². The molecule has 0 aromatic heterocycles. The van der Waals surface area contributed by atoms with E-state index in [4.69, 9.17) is 9.47 Å². The van der Waals surface area contributed by atoms with Crippen LogP contribution in [0.4, 0.5) is 0 Å². The molecule has 1 aromatic carbocycles. The van der Waals surface area contributed by atoms with Gasteiger partial charge in [0.2, 0.25) is 0 Å². The van der Waals surface area contributed by atoms with E-state index in [-0.39, 0.29) is 0 Å². The summed E-state index contributed by atoms with van der Waals surface area (Å²) in [6.45, 7) is 3.36. The van der Waals surface area contributed by atoms with Gasteiger partial charge in [-0.1, -0.05) is 6.07 Å². The summed E-state index contributed by atoms with van der Waals surface area (Å²) < 4.78 is 11.1. The number of thioether (sulfide) groups is 1. The van der Waals surface area contributed by atoms with Gasteiger partial charge in [-0.15, -0.1) is 0 Å². The zero-order valence-electron chi connectivity index (χ0n) is 12.9. The summed E-state index contributed by atoms with van der Waals surface area (Å²) in [7, 11) is 3.35. The molecule has 0 radical (unpaired) electrons. The standard InChI is InChI=1S/C16H25NO2S/c1-12(17-11-16(20-4)7-8-16)9-13-5-6-14(18-2)15(10-13)19-3/h5-6,10,12,17H,7-9,11H2,1-4H3. The van der Waals surface area contributed by atoms with E-state index in [1.54, 1.807) is 14.2 Å². The first-order valence-corrected chi connectivity index (χ1v) is 8.34. The third-order valence-corrected chi connectivity index (χ3v) is 5.42. The molecule has 1 fully saturated rings. The molecule has 112 valence electrons. The lowest BCUT2D eigenvalue weighted by molar-refractivity contribution is 0.354. The number of hydrogen-bond acceptors (Lipinski definition) is 4. The molecule has 0 saturated heterocycles. The van der Waals surface area contributed by atoms with Crippen LogP contribution in [0.5, 0.6) is 11.5 Å². The van der Waals surface area contributed by atoms with Crippen molar-refractivity contribution in [1.82, 2.24) is 5.32 Å². The number of benzene rings is 1. The lowest BCUT2D eigenvalue weighted by Crippen LogP contribution is -2.34. The lowest BCUT2D eigenvalue weighted by atomic mass is 10.1. The van der Waals surface area contributed by atoms with E-state index in [2.05, 4.69) is 30.6 Å². The van der Waals surface area contributed by atoms with Crippen molar-refractivity contribution in [2.24, 2.45) is 0 Å². The molecule has 1 saturated carbocycles. The van der Waals surface area contributed by atoms with E-state index in [0.29, 0.717) is 10.8 Å². The predicted octanol–water partition coefficient (Wildman–Crippen LogP) is 3.12. The second-order valence-corrected chi connectivity index (χ2v) is 6.84. The van der Waals surface area contributed by atoms with Crippen LogP contribution in [-0.4, -0.2) is 37.8 Å². The molecule has 0 bridgehead atoms. The molecule has 20 heavy (non-hydrogen) atoms. The van der Waals surface area contributed by atoms with Gasteiger partial charge in [0.05, 0.1) is 14.2 Å². The molecule has 1 atom stereocenters. The Balaban J connectivity index is 1.88. The van der Waals surface area contributed by atoms with E-state index in [1.165, 1.54) is 18.4 Å². The zero-order valence-corrected chi connectivity index (χ0v) is 13.7. The SMILES string of the molecule is COc1ccc(CC(C)NCC2(SC)CC2)cc1OC. The van der Waals surface area contributed by atoms with Crippen LogP contribution < -0.4 is 14.8 Å². The van der Waals surface area contributed by atoms with Gasteiger partial charge in [-0.3, -0.25) is 0 Å². The molecule has 2 rings (SSSR count). The summed E-state index contributed by atoms with van der Waals surface area (Å²) in [6, 6.07) is 6.63. The zero-order chi connectivity index (χ0) is 14.6. The van der Waals surface area contributed by atoms with Crippen LogP contribution in [-0.2, 0) is 6.42 Å². The smallest absolute Gasteiger partial charge is 0.160 e. The van der Waals surface area contributed by atoms with Crippen molar-refractivity contribution in [3.8, 4) is 11.5 Å². The van der Waals surface area contributed by atoms with Crippen molar-refractivity contribution in [3.63, 3.8) is 0 Å². The lowest BCUT2D eigenvalue weighted by Gasteiger charge is -2.19. The van der Waals surface area contributed by atoms with E-state index in [0.717, 1.165) is 24.5 Å². The molecule has 0 heterocycles. The monoisotopic (exact) mass is 295 g/mol.